The van der Waals surface area contributed by atoms with Gasteiger partial charge in [0.1, 0.15) is 12.2 Å². The number of carbonyl (C=O) groups is 1. The van der Waals surface area contributed by atoms with Gasteiger partial charge in [-0.3, -0.25) is 4.98 Å². The Labute approximate surface area is 160 Å². The smallest absolute Gasteiger partial charge is 0.318 e. The van der Waals surface area contributed by atoms with Crippen molar-refractivity contribution in [2.24, 2.45) is 0 Å². The van der Waals surface area contributed by atoms with E-state index in [0.717, 1.165) is 50.5 Å². The molecule has 3 heterocycles. The van der Waals surface area contributed by atoms with Crippen LogP contribution in [0.5, 0.6) is 0 Å². The summed E-state index contributed by atoms with van der Waals surface area (Å²) in [6.07, 6.45) is 5.31. The van der Waals surface area contributed by atoms with Crippen LogP contribution >= 0.6 is 0 Å². The molecule has 0 aromatic carbocycles. The first-order chi connectivity index (χ1) is 13.1. The minimum atomic E-state index is -0.172. The molecule has 1 aliphatic rings. The summed E-state index contributed by atoms with van der Waals surface area (Å²) in [6.45, 7) is 10.1. The number of nitrogens with zero attached hydrogens (tertiary/aromatic N) is 6. The number of anilines is 1. The summed E-state index contributed by atoms with van der Waals surface area (Å²) < 4.78 is 1.86. The zero-order chi connectivity index (χ0) is 19.2. The number of rotatable bonds is 5. The molecule has 1 atom stereocenters. The van der Waals surface area contributed by atoms with Crippen LogP contribution in [-0.2, 0) is 6.54 Å². The molecule has 0 bridgehead atoms. The van der Waals surface area contributed by atoms with E-state index < -0.39 is 0 Å². The molecule has 8 heteroatoms. The van der Waals surface area contributed by atoms with E-state index in [1.54, 1.807) is 6.33 Å². The summed E-state index contributed by atoms with van der Waals surface area (Å²) in [6, 6.07) is 3.92. The lowest BCUT2D eigenvalue weighted by Gasteiger charge is -2.25. The van der Waals surface area contributed by atoms with Gasteiger partial charge in [-0.25, -0.2) is 14.5 Å². The van der Waals surface area contributed by atoms with Gasteiger partial charge >= 0.3 is 6.03 Å². The first kappa shape index (κ1) is 19.1. The van der Waals surface area contributed by atoms with Gasteiger partial charge in [0.25, 0.3) is 0 Å². The number of carbonyl (C=O) groups excluding carboxylic acids is 1. The fourth-order valence-corrected chi connectivity index (χ4v) is 3.44. The van der Waals surface area contributed by atoms with Crippen molar-refractivity contribution in [2.75, 3.05) is 31.1 Å². The molecule has 1 saturated heterocycles. The van der Waals surface area contributed by atoms with E-state index in [0.29, 0.717) is 6.54 Å². The average molecular weight is 371 g/mol. The monoisotopic (exact) mass is 371 g/mol. The number of pyridine rings is 1. The minimum Gasteiger partial charge on any atom is -0.370 e. The number of amides is 2. The predicted octanol–water partition coefficient (Wildman–Crippen LogP) is 2.37. The summed E-state index contributed by atoms with van der Waals surface area (Å²) in [5, 5.41) is 7.32. The van der Waals surface area contributed by atoms with Crippen molar-refractivity contribution in [1.29, 1.82) is 0 Å². The molecule has 1 N–H and O–H groups in total. The van der Waals surface area contributed by atoms with E-state index in [4.69, 9.17) is 0 Å². The van der Waals surface area contributed by atoms with E-state index >= 15 is 0 Å². The van der Waals surface area contributed by atoms with Crippen LogP contribution in [0.25, 0.3) is 0 Å². The predicted molar refractivity (Wildman–Crippen MR) is 105 cm³/mol. The standard InChI is InChI=1S/C19H29N7O/c1-4-8-26-18(21-14-22-26)16(3)23-19(27)25-10-5-9-24(11-12-25)17-6-7-20-15(2)13-17/h6-7,13-14,16H,4-5,8-12H2,1-3H3,(H,23,27)/t16-/m1/s1. The summed E-state index contributed by atoms with van der Waals surface area (Å²) in [7, 11) is 0. The molecule has 2 aromatic rings. The first-order valence-electron chi connectivity index (χ1n) is 9.69. The Morgan fingerprint density at radius 1 is 1.26 bits per heavy atom. The molecular formula is C19H29N7O. The molecule has 1 aliphatic heterocycles. The van der Waals surface area contributed by atoms with Gasteiger partial charge < -0.3 is 15.1 Å². The van der Waals surface area contributed by atoms with Gasteiger partial charge in [-0.1, -0.05) is 6.92 Å². The molecule has 0 spiro atoms. The summed E-state index contributed by atoms with van der Waals surface area (Å²) in [4.78, 5) is 25.5. The van der Waals surface area contributed by atoms with Gasteiger partial charge in [-0.05, 0) is 38.8 Å². The first-order valence-corrected chi connectivity index (χ1v) is 9.69. The molecule has 3 rings (SSSR count). The molecule has 27 heavy (non-hydrogen) atoms. The van der Waals surface area contributed by atoms with Crippen molar-refractivity contribution < 1.29 is 4.79 Å². The van der Waals surface area contributed by atoms with Crippen LogP contribution in [-0.4, -0.2) is 56.9 Å². The van der Waals surface area contributed by atoms with Gasteiger partial charge in [-0.15, -0.1) is 0 Å². The van der Waals surface area contributed by atoms with Crippen molar-refractivity contribution in [3.63, 3.8) is 0 Å². The number of aryl methyl sites for hydroxylation is 2. The van der Waals surface area contributed by atoms with Crippen molar-refractivity contribution in [3.05, 3.63) is 36.2 Å². The highest BCUT2D eigenvalue weighted by molar-refractivity contribution is 5.74. The second-order valence-electron chi connectivity index (χ2n) is 7.00. The van der Waals surface area contributed by atoms with E-state index in [1.807, 2.05) is 35.7 Å². The lowest BCUT2D eigenvalue weighted by Crippen LogP contribution is -2.43. The quantitative estimate of drug-likeness (QED) is 0.873. The molecular weight excluding hydrogens is 342 g/mol. The van der Waals surface area contributed by atoms with Gasteiger partial charge in [-0.2, -0.15) is 5.10 Å². The fraction of sp³-hybridized carbons (Fsp3) is 0.579. The number of hydrogen-bond donors (Lipinski definition) is 1. The highest BCUT2D eigenvalue weighted by Crippen LogP contribution is 2.17. The average Bonchev–Trinajstić information content (AvgIpc) is 2.97. The topological polar surface area (TPSA) is 79.2 Å². The fourth-order valence-electron chi connectivity index (χ4n) is 3.44. The maximum Gasteiger partial charge on any atom is 0.318 e. The Hall–Kier alpha value is -2.64. The molecule has 0 unspecified atom stereocenters. The van der Waals surface area contributed by atoms with E-state index in [2.05, 4.69) is 38.3 Å². The highest BCUT2D eigenvalue weighted by Gasteiger charge is 2.22. The van der Waals surface area contributed by atoms with Gasteiger partial charge in [0, 0.05) is 50.3 Å². The number of urea groups is 1. The normalized spacial score (nSPS) is 16.1. The van der Waals surface area contributed by atoms with Crippen molar-refractivity contribution in [2.45, 2.75) is 46.2 Å². The summed E-state index contributed by atoms with van der Waals surface area (Å²) in [5.41, 5.74) is 2.18. The summed E-state index contributed by atoms with van der Waals surface area (Å²) >= 11 is 0. The number of nitrogens with one attached hydrogen (secondary N) is 1. The van der Waals surface area contributed by atoms with Crippen molar-refractivity contribution in [1.82, 2.24) is 30.0 Å². The van der Waals surface area contributed by atoms with Crippen molar-refractivity contribution in [3.8, 4) is 0 Å². The molecule has 0 saturated carbocycles. The number of hydrogen-bond acceptors (Lipinski definition) is 5. The van der Waals surface area contributed by atoms with Crippen LogP contribution < -0.4 is 10.2 Å². The zero-order valence-corrected chi connectivity index (χ0v) is 16.4. The van der Waals surface area contributed by atoms with E-state index in [1.165, 1.54) is 5.69 Å². The van der Waals surface area contributed by atoms with Gasteiger partial charge in [0.05, 0.1) is 6.04 Å². The molecule has 0 radical (unpaired) electrons. The largest absolute Gasteiger partial charge is 0.370 e. The lowest BCUT2D eigenvalue weighted by atomic mass is 10.3. The Bertz CT molecular complexity index is 760. The molecule has 1 fully saturated rings. The zero-order valence-electron chi connectivity index (χ0n) is 16.4. The Morgan fingerprint density at radius 2 is 2.11 bits per heavy atom. The Morgan fingerprint density at radius 3 is 2.89 bits per heavy atom. The van der Waals surface area contributed by atoms with Crippen LogP contribution in [0.15, 0.2) is 24.7 Å². The van der Waals surface area contributed by atoms with E-state index in [9.17, 15) is 4.79 Å². The van der Waals surface area contributed by atoms with Crippen LogP contribution in [0.3, 0.4) is 0 Å². The van der Waals surface area contributed by atoms with Crippen LogP contribution in [0.4, 0.5) is 10.5 Å². The molecule has 0 aliphatic carbocycles. The third kappa shape index (κ3) is 4.75. The highest BCUT2D eigenvalue weighted by atomic mass is 16.2. The maximum absolute atomic E-state index is 12.8. The molecule has 2 aromatic heterocycles. The Kier molecular flexibility index (Phi) is 6.26. The minimum absolute atomic E-state index is 0.0405. The third-order valence-corrected chi connectivity index (χ3v) is 4.84. The molecule has 8 nitrogen and oxygen atoms in total. The molecule has 2 amide bonds. The van der Waals surface area contributed by atoms with E-state index in [-0.39, 0.29) is 12.1 Å². The third-order valence-electron chi connectivity index (χ3n) is 4.84. The van der Waals surface area contributed by atoms with Crippen LogP contribution in [0.2, 0.25) is 0 Å². The SMILES string of the molecule is CCCn1ncnc1[C@@H](C)NC(=O)N1CCCN(c2ccnc(C)c2)CC1. The Balaban J connectivity index is 1.58. The second kappa shape index (κ2) is 8.83. The second-order valence-corrected chi connectivity index (χ2v) is 7.00. The molecule has 146 valence electrons. The lowest BCUT2D eigenvalue weighted by molar-refractivity contribution is 0.197. The van der Waals surface area contributed by atoms with Crippen LogP contribution in [0, 0.1) is 6.92 Å². The van der Waals surface area contributed by atoms with Crippen molar-refractivity contribution >= 4 is 11.7 Å². The summed E-state index contributed by atoms with van der Waals surface area (Å²) in [5.74, 6) is 0.800. The maximum atomic E-state index is 12.8. The number of aromatic nitrogens is 4. The van der Waals surface area contributed by atoms with Crippen LogP contribution in [0.1, 0.15) is 44.2 Å². The van der Waals surface area contributed by atoms with Gasteiger partial charge in [0.2, 0.25) is 0 Å². The van der Waals surface area contributed by atoms with Gasteiger partial charge in [0.15, 0.2) is 0 Å².